The molecule has 0 radical (unpaired) electrons. The summed E-state index contributed by atoms with van der Waals surface area (Å²) in [5.74, 6) is 0. The van der Waals surface area contributed by atoms with Crippen LogP contribution in [-0.2, 0) is 5.41 Å². The molecular weight excluding hydrogens is 262 g/mol. The number of likely N-dealkylation sites (tertiary alicyclic amines) is 1. The summed E-state index contributed by atoms with van der Waals surface area (Å²) < 4.78 is 0. The third kappa shape index (κ3) is 3.55. The Morgan fingerprint density at radius 1 is 1.24 bits per heavy atom. The minimum absolute atomic E-state index is 0.0397. The number of nitrogens with one attached hydrogen (secondary N) is 1. The SMILES string of the molecule is CC(C)(C)NC(=O)N1CCC(C#N)(c2ccccc2)CC1. The van der Waals surface area contributed by atoms with Gasteiger partial charge in [-0.1, -0.05) is 30.3 Å². The van der Waals surface area contributed by atoms with Crippen molar-refractivity contribution in [3.63, 3.8) is 0 Å². The van der Waals surface area contributed by atoms with Crippen LogP contribution in [0.4, 0.5) is 4.79 Å². The maximum absolute atomic E-state index is 12.2. The number of nitriles is 1. The summed E-state index contributed by atoms with van der Waals surface area (Å²) in [6.45, 7) is 7.14. The molecule has 1 saturated heterocycles. The number of hydrogen-bond acceptors (Lipinski definition) is 2. The molecule has 1 N–H and O–H groups in total. The molecule has 2 amide bonds. The molecule has 1 aliphatic rings. The van der Waals surface area contributed by atoms with E-state index in [1.807, 2.05) is 56.0 Å². The van der Waals surface area contributed by atoms with Gasteiger partial charge in [-0.3, -0.25) is 0 Å². The zero-order chi connectivity index (χ0) is 15.5. The lowest BCUT2D eigenvalue weighted by atomic mass is 9.74. The van der Waals surface area contributed by atoms with E-state index in [1.165, 1.54) is 0 Å². The fraction of sp³-hybridized carbons (Fsp3) is 0.529. The van der Waals surface area contributed by atoms with Crippen LogP contribution in [0.1, 0.15) is 39.2 Å². The summed E-state index contributed by atoms with van der Waals surface area (Å²) in [4.78, 5) is 14.0. The number of piperidine rings is 1. The zero-order valence-corrected chi connectivity index (χ0v) is 13.0. The first-order valence-corrected chi connectivity index (χ1v) is 7.40. The minimum atomic E-state index is -0.459. The molecule has 1 aromatic carbocycles. The molecule has 0 saturated carbocycles. The van der Waals surface area contributed by atoms with E-state index >= 15 is 0 Å². The number of carbonyl (C=O) groups excluding carboxylic acids is 1. The van der Waals surface area contributed by atoms with Crippen LogP contribution in [0.3, 0.4) is 0 Å². The van der Waals surface area contributed by atoms with Crippen LogP contribution in [0.15, 0.2) is 30.3 Å². The number of amides is 2. The third-order valence-electron chi connectivity index (χ3n) is 3.93. The van der Waals surface area contributed by atoms with Crippen LogP contribution in [0.25, 0.3) is 0 Å². The smallest absolute Gasteiger partial charge is 0.317 e. The fourth-order valence-corrected chi connectivity index (χ4v) is 2.71. The van der Waals surface area contributed by atoms with Crippen molar-refractivity contribution in [3.8, 4) is 6.07 Å². The van der Waals surface area contributed by atoms with Gasteiger partial charge in [-0.05, 0) is 39.2 Å². The largest absolute Gasteiger partial charge is 0.333 e. The van der Waals surface area contributed by atoms with Crippen LogP contribution in [-0.4, -0.2) is 29.6 Å². The Balaban J connectivity index is 2.05. The van der Waals surface area contributed by atoms with Gasteiger partial charge in [0.1, 0.15) is 0 Å². The molecule has 0 atom stereocenters. The Morgan fingerprint density at radius 3 is 2.29 bits per heavy atom. The van der Waals surface area contributed by atoms with Gasteiger partial charge >= 0.3 is 6.03 Å². The molecule has 1 aliphatic heterocycles. The van der Waals surface area contributed by atoms with Gasteiger partial charge in [-0.25, -0.2) is 4.79 Å². The second-order valence-electron chi connectivity index (χ2n) is 6.73. The predicted molar refractivity (Wildman–Crippen MR) is 82.8 cm³/mol. The van der Waals surface area contributed by atoms with E-state index in [0.29, 0.717) is 25.9 Å². The Kier molecular flexibility index (Phi) is 4.22. The highest BCUT2D eigenvalue weighted by Gasteiger charge is 2.38. The summed E-state index contributed by atoms with van der Waals surface area (Å²) >= 11 is 0. The molecule has 1 aromatic rings. The van der Waals surface area contributed by atoms with Crippen LogP contribution in [0.5, 0.6) is 0 Å². The molecule has 0 aliphatic carbocycles. The van der Waals surface area contributed by atoms with Crippen LogP contribution in [0.2, 0.25) is 0 Å². The molecule has 1 heterocycles. The van der Waals surface area contributed by atoms with Gasteiger partial charge in [0.05, 0.1) is 11.5 Å². The lowest BCUT2D eigenvalue weighted by Crippen LogP contribution is -2.52. The average molecular weight is 285 g/mol. The van der Waals surface area contributed by atoms with E-state index in [-0.39, 0.29) is 11.6 Å². The van der Waals surface area contributed by atoms with Gasteiger partial charge in [0, 0.05) is 18.6 Å². The summed E-state index contributed by atoms with van der Waals surface area (Å²) in [6, 6.07) is 12.3. The van der Waals surface area contributed by atoms with Crippen molar-refractivity contribution < 1.29 is 4.79 Å². The number of nitrogens with zero attached hydrogens (tertiary/aromatic N) is 2. The summed E-state index contributed by atoms with van der Waals surface area (Å²) in [6.07, 6.45) is 1.37. The van der Waals surface area contributed by atoms with Gasteiger partial charge in [0.15, 0.2) is 0 Å². The summed E-state index contributed by atoms with van der Waals surface area (Å²) in [5, 5.41) is 12.6. The lowest BCUT2D eigenvalue weighted by molar-refractivity contribution is 0.164. The highest BCUT2D eigenvalue weighted by Crippen LogP contribution is 2.34. The molecule has 4 heteroatoms. The van der Waals surface area contributed by atoms with Crippen LogP contribution >= 0.6 is 0 Å². The molecule has 1 fully saturated rings. The molecule has 0 spiro atoms. The van der Waals surface area contributed by atoms with Crippen molar-refractivity contribution in [3.05, 3.63) is 35.9 Å². The standard InChI is InChI=1S/C17H23N3O/c1-16(2,3)19-15(21)20-11-9-17(13-18,10-12-20)14-7-5-4-6-8-14/h4-8H,9-12H2,1-3H3,(H,19,21). The van der Waals surface area contributed by atoms with Crippen LogP contribution in [0, 0.1) is 11.3 Å². The summed E-state index contributed by atoms with van der Waals surface area (Å²) in [7, 11) is 0. The van der Waals surface area contributed by atoms with Gasteiger partial charge in [-0.2, -0.15) is 5.26 Å². The van der Waals surface area contributed by atoms with Crippen molar-refractivity contribution in [2.24, 2.45) is 0 Å². The van der Waals surface area contributed by atoms with E-state index in [2.05, 4.69) is 11.4 Å². The van der Waals surface area contributed by atoms with Gasteiger partial charge in [-0.15, -0.1) is 0 Å². The van der Waals surface area contributed by atoms with Crippen molar-refractivity contribution in [1.82, 2.24) is 10.2 Å². The number of urea groups is 1. The first-order valence-electron chi connectivity index (χ1n) is 7.40. The Morgan fingerprint density at radius 2 is 1.81 bits per heavy atom. The maximum atomic E-state index is 12.2. The quantitative estimate of drug-likeness (QED) is 0.862. The number of carbonyl (C=O) groups is 1. The first kappa shape index (κ1) is 15.4. The molecule has 0 aromatic heterocycles. The molecule has 0 bridgehead atoms. The molecule has 0 unspecified atom stereocenters. The fourth-order valence-electron chi connectivity index (χ4n) is 2.71. The number of hydrogen-bond donors (Lipinski definition) is 1. The third-order valence-corrected chi connectivity index (χ3v) is 3.93. The summed E-state index contributed by atoms with van der Waals surface area (Å²) in [5.41, 5.74) is 0.364. The normalized spacial score (nSPS) is 17.9. The monoisotopic (exact) mass is 285 g/mol. The highest BCUT2D eigenvalue weighted by atomic mass is 16.2. The first-order chi connectivity index (χ1) is 9.86. The van der Waals surface area contributed by atoms with E-state index < -0.39 is 5.41 Å². The Bertz CT molecular complexity index is 531. The van der Waals surface area contributed by atoms with Crippen molar-refractivity contribution >= 4 is 6.03 Å². The number of benzene rings is 1. The highest BCUT2D eigenvalue weighted by molar-refractivity contribution is 5.75. The Hall–Kier alpha value is -2.02. The predicted octanol–water partition coefficient (Wildman–Crippen LogP) is 3.05. The van der Waals surface area contributed by atoms with Gasteiger partial charge < -0.3 is 10.2 Å². The second-order valence-corrected chi connectivity index (χ2v) is 6.73. The van der Waals surface area contributed by atoms with E-state index in [9.17, 15) is 10.1 Å². The van der Waals surface area contributed by atoms with Crippen molar-refractivity contribution in [2.45, 2.75) is 44.6 Å². The minimum Gasteiger partial charge on any atom is -0.333 e. The lowest BCUT2D eigenvalue weighted by Gasteiger charge is -2.38. The van der Waals surface area contributed by atoms with Crippen molar-refractivity contribution in [1.29, 1.82) is 5.26 Å². The molecule has 112 valence electrons. The molecule has 4 nitrogen and oxygen atoms in total. The second kappa shape index (κ2) is 5.77. The molecule has 2 rings (SSSR count). The van der Waals surface area contributed by atoms with Gasteiger partial charge in [0.25, 0.3) is 0 Å². The van der Waals surface area contributed by atoms with Crippen molar-refractivity contribution in [2.75, 3.05) is 13.1 Å². The Labute approximate surface area is 126 Å². The maximum Gasteiger partial charge on any atom is 0.317 e. The van der Waals surface area contributed by atoms with E-state index in [1.54, 1.807) is 0 Å². The topological polar surface area (TPSA) is 56.1 Å². The van der Waals surface area contributed by atoms with Gasteiger partial charge in [0.2, 0.25) is 0 Å². The van der Waals surface area contributed by atoms with E-state index in [4.69, 9.17) is 0 Å². The molecular formula is C17H23N3O. The average Bonchev–Trinajstić information content (AvgIpc) is 2.46. The van der Waals surface area contributed by atoms with Crippen LogP contribution < -0.4 is 5.32 Å². The van der Waals surface area contributed by atoms with E-state index in [0.717, 1.165) is 5.56 Å². The number of rotatable bonds is 1. The zero-order valence-electron chi connectivity index (χ0n) is 13.0. The molecule has 21 heavy (non-hydrogen) atoms.